The number of fused-ring (bicyclic) bond motifs is 1. The molecule has 2 aromatic heterocycles. The monoisotopic (exact) mass is 571 g/mol. The van der Waals surface area contributed by atoms with Crippen molar-refractivity contribution in [2.45, 2.75) is 32.0 Å². The summed E-state index contributed by atoms with van der Waals surface area (Å²) in [6.07, 6.45) is 3.00. The van der Waals surface area contributed by atoms with Gasteiger partial charge in [0.1, 0.15) is 11.9 Å². The van der Waals surface area contributed by atoms with Crippen LogP contribution in [0.4, 0.5) is 13.2 Å². The summed E-state index contributed by atoms with van der Waals surface area (Å²) in [7, 11) is -3.78. The van der Waals surface area contributed by atoms with E-state index in [1.54, 1.807) is 18.5 Å². The lowest BCUT2D eigenvalue weighted by Gasteiger charge is -2.32. The van der Waals surface area contributed by atoms with Gasteiger partial charge in [0, 0.05) is 65.2 Å². The van der Waals surface area contributed by atoms with Gasteiger partial charge >= 0.3 is 6.55 Å². The van der Waals surface area contributed by atoms with Crippen LogP contribution in [0.2, 0.25) is 5.02 Å². The first-order valence-electron chi connectivity index (χ1n) is 11.2. The molecule has 37 heavy (non-hydrogen) atoms. The van der Waals surface area contributed by atoms with Crippen LogP contribution in [0.5, 0.6) is 0 Å². The van der Waals surface area contributed by atoms with Crippen molar-refractivity contribution < 1.29 is 21.6 Å². The summed E-state index contributed by atoms with van der Waals surface area (Å²) in [4.78, 5) is 11.1. The van der Waals surface area contributed by atoms with Crippen molar-refractivity contribution in [2.24, 2.45) is 4.99 Å². The predicted molar refractivity (Wildman–Crippen MR) is 134 cm³/mol. The van der Waals surface area contributed by atoms with Crippen LogP contribution >= 0.6 is 22.9 Å². The van der Waals surface area contributed by atoms with Crippen LogP contribution < -0.4 is 9.44 Å². The highest BCUT2D eigenvalue weighted by atomic mass is 35.5. The standard InChI is InChI=1S/C22H21ClF3N7O2S2/c1-2-28-37(34,35)31-13-10-17-18(16-5-7-33(30-16)22(25)26)19(14-4-3-12(24)9-15(14)23)29-20(32(17)11-13)21-27-6-8-36-21/h3-9,13,19,22,28,31H,2,10-11H2,1H3/t13-,19-/m0/s1. The summed E-state index contributed by atoms with van der Waals surface area (Å²) in [6, 6.07) is 3.95. The Bertz CT molecular complexity index is 1470. The van der Waals surface area contributed by atoms with E-state index >= 15 is 0 Å². The summed E-state index contributed by atoms with van der Waals surface area (Å²) in [5.41, 5.74) is 1.78. The summed E-state index contributed by atoms with van der Waals surface area (Å²) >= 11 is 7.77. The fourth-order valence-corrected chi connectivity index (χ4v) is 6.46. The highest BCUT2D eigenvalue weighted by Gasteiger charge is 2.41. The number of halogens is 4. The van der Waals surface area contributed by atoms with Crippen LogP contribution in [-0.4, -0.2) is 53.0 Å². The molecule has 5 rings (SSSR count). The molecule has 0 spiro atoms. The Kier molecular flexibility index (Phi) is 7.11. The van der Waals surface area contributed by atoms with Crippen molar-refractivity contribution in [2.75, 3.05) is 13.1 Å². The lowest BCUT2D eigenvalue weighted by atomic mass is 9.92. The average Bonchev–Trinajstić information content (AvgIpc) is 3.58. The molecule has 2 aliphatic rings. The number of aromatic nitrogens is 3. The predicted octanol–water partition coefficient (Wildman–Crippen LogP) is 3.96. The number of rotatable bonds is 8. The number of nitrogens with one attached hydrogen (secondary N) is 2. The van der Waals surface area contributed by atoms with Crippen LogP contribution in [0.25, 0.3) is 5.57 Å². The molecule has 0 unspecified atom stereocenters. The third kappa shape index (κ3) is 5.16. The lowest BCUT2D eigenvalue weighted by molar-refractivity contribution is 0.0564. The van der Waals surface area contributed by atoms with E-state index in [0.717, 1.165) is 12.3 Å². The highest BCUT2D eigenvalue weighted by molar-refractivity contribution is 7.87. The van der Waals surface area contributed by atoms with Gasteiger partial charge in [0.2, 0.25) is 0 Å². The number of aliphatic imine (C=N–C) groups is 1. The molecule has 0 aliphatic carbocycles. The molecule has 4 heterocycles. The van der Waals surface area contributed by atoms with Gasteiger partial charge in [-0.3, -0.25) is 4.99 Å². The van der Waals surface area contributed by atoms with Crippen LogP contribution in [0.1, 0.15) is 42.2 Å². The van der Waals surface area contributed by atoms with Crippen LogP contribution in [0.15, 0.2) is 52.7 Å². The Labute approximate surface area is 219 Å². The van der Waals surface area contributed by atoms with Crippen molar-refractivity contribution >= 4 is 44.6 Å². The van der Waals surface area contributed by atoms with Crippen molar-refractivity contribution in [1.82, 2.24) is 29.1 Å². The molecule has 1 saturated heterocycles. The number of benzene rings is 1. The first kappa shape index (κ1) is 25.9. The number of alkyl halides is 2. The van der Waals surface area contributed by atoms with Gasteiger partial charge in [-0.25, -0.2) is 18.8 Å². The molecule has 0 bridgehead atoms. The molecular weight excluding hydrogens is 551 g/mol. The average molecular weight is 572 g/mol. The zero-order chi connectivity index (χ0) is 26.3. The van der Waals surface area contributed by atoms with E-state index in [9.17, 15) is 21.6 Å². The maximum absolute atomic E-state index is 13.9. The Morgan fingerprint density at radius 1 is 1.30 bits per heavy atom. The normalized spacial score (nSPS) is 20.1. The van der Waals surface area contributed by atoms with Gasteiger partial charge in [0.05, 0.1) is 5.69 Å². The topological polar surface area (TPSA) is 105 Å². The molecule has 0 amide bonds. The lowest BCUT2D eigenvalue weighted by Crippen LogP contribution is -2.44. The van der Waals surface area contributed by atoms with E-state index in [0.29, 0.717) is 32.4 Å². The van der Waals surface area contributed by atoms with E-state index < -0.39 is 34.7 Å². The Balaban J connectivity index is 1.68. The van der Waals surface area contributed by atoms with E-state index in [4.69, 9.17) is 16.6 Å². The first-order chi connectivity index (χ1) is 17.7. The van der Waals surface area contributed by atoms with E-state index in [-0.39, 0.29) is 30.2 Å². The number of nitrogens with zero attached hydrogens (tertiary/aromatic N) is 5. The van der Waals surface area contributed by atoms with Crippen molar-refractivity contribution in [1.29, 1.82) is 0 Å². The van der Waals surface area contributed by atoms with Gasteiger partial charge in [-0.05, 0) is 18.2 Å². The third-order valence-corrected chi connectivity index (χ3v) is 8.29. The largest absolute Gasteiger partial charge is 0.333 e. The Morgan fingerprint density at radius 3 is 2.76 bits per heavy atom. The zero-order valence-electron chi connectivity index (χ0n) is 19.3. The molecule has 2 atom stereocenters. The Morgan fingerprint density at radius 2 is 2.11 bits per heavy atom. The van der Waals surface area contributed by atoms with Crippen molar-refractivity contribution in [3.63, 3.8) is 0 Å². The summed E-state index contributed by atoms with van der Waals surface area (Å²) in [5.74, 6) is -0.0668. The smallest absolute Gasteiger partial charge is 0.326 e. The molecule has 2 aliphatic heterocycles. The SMILES string of the molecule is CCNS(=O)(=O)N[C@H]1CC2=C(c3ccn(C(F)F)n3)[C@H](c3ccc(F)cc3Cl)N=C(c3nccs3)N2C1. The maximum Gasteiger partial charge on any atom is 0.333 e. The second-order valence-corrected chi connectivity index (χ2v) is 11.1. The quantitative estimate of drug-likeness (QED) is 0.426. The number of thiazole rings is 1. The minimum atomic E-state index is -3.78. The molecule has 2 N–H and O–H groups in total. The third-order valence-electron chi connectivity index (χ3n) is 5.88. The van der Waals surface area contributed by atoms with E-state index in [1.807, 2.05) is 4.90 Å². The van der Waals surface area contributed by atoms with Crippen molar-refractivity contribution in [3.05, 3.63) is 74.8 Å². The van der Waals surface area contributed by atoms with E-state index in [2.05, 4.69) is 19.5 Å². The first-order valence-corrected chi connectivity index (χ1v) is 13.9. The van der Waals surface area contributed by atoms with Gasteiger partial charge in [0.25, 0.3) is 10.2 Å². The van der Waals surface area contributed by atoms with Gasteiger partial charge in [-0.15, -0.1) is 11.3 Å². The van der Waals surface area contributed by atoms with Crippen LogP contribution in [0.3, 0.4) is 0 Å². The number of amidine groups is 1. The minimum Gasteiger partial charge on any atom is -0.326 e. The molecule has 1 aromatic carbocycles. The van der Waals surface area contributed by atoms with Gasteiger partial charge in [-0.2, -0.15) is 27.0 Å². The molecular formula is C22H21ClF3N7O2S2. The van der Waals surface area contributed by atoms with Crippen LogP contribution in [0, 0.1) is 5.82 Å². The van der Waals surface area contributed by atoms with Crippen LogP contribution in [-0.2, 0) is 10.2 Å². The van der Waals surface area contributed by atoms with Gasteiger partial charge in [0.15, 0.2) is 10.8 Å². The molecule has 0 saturated carbocycles. The fourth-order valence-electron chi connectivity index (χ4n) is 4.48. The number of hydrogen-bond donors (Lipinski definition) is 2. The maximum atomic E-state index is 13.9. The molecule has 196 valence electrons. The molecule has 15 heteroatoms. The minimum absolute atomic E-state index is 0.106. The molecule has 9 nitrogen and oxygen atoms in total. The second-order valence-electron chi connectivity index (χ2n) is 8.31. The highest BCUT2D eigenvalue weighted by Crippen LogP contribution is 2.46. The summed E-state index contributed by atoms with van der Waals surface area (Å²) in [6.45, 7) is -0.755. The summed E-state index contributed by atoms with van der Waals surface area (Å²) in [5, 5.41) is 6.53. The molecule has 3 aromatic rings. The van der Waals surface area contributed by atoms with E-state index in [1.165, 1.54) is 29.5 Å². The van der Waals surface area contributed by atoms with Gasteiger partial charge in [-0.1, -0.05) is 24.6 Å². The zero-order valence-corrected chi connectivity index (χ0v) is 21.7. The molecule has 0 radical (unpaired) electrons. The number of hydrogen-bond acceptors (Lipinski definition) is 7. The Hall–Kier alpha value is -2.78. The fraction of sp³-hybridized carbons (Fsp3) is 0.318. The molecule has 1 fully saturated rings. The van der Waals surface area contributed by atoms with Crippen molar-refractivity contribution in [3.8, 4) is 0 Å². The second kappa shape index (κ2) is 10.2. The summed E-state index contributed by atoms with van der Waals surface area (Å²) < 4.78 is 71.2. The van der Waals surface area contributed by atoms with Gasteiger partial charge < -0.3 is 4.90 Å².